The van der Waals surface area contributed by atoms with Gasteiger partial charge >= 0.3 is 6.09 Å². The molecule has 0 heterocycles. The van der Waals surface area contributed by atoms with Crippen molar-refractivity contribution in [1.29, 1.82) is 0 Å². The van der Waals surface area contributed by atoms with E-state index in [-0.39, 0.29) is 6.09 Å². The molecule has 1 rings (SSSR count). The van der Waals surface area contributed by atoms with Crippen molar-refractivity contribution in [2.24, 2.45) is 5.73 Å². The van der Waals surface area contributed by atoms with Crippen molar-refractivity contribution in [2.45, 2.75) is 97.9 Å². The van der Waals surface area contributed by atoms with Gasteiger partial charge in [0.1, 0.15) is 5.60 Å². The molecule has 1 aromatic rings. The van der Waals surface area contributed by atoms with Gasteiger partial charge in [-0.2, -0.15) is 0 Å². The lowest BCUT2D eigenvalue weighted by molar-refractivity contribution is 0.0527. The highest BCUT2D eigenvalue weighted by Crippen LogP contribution is 2.11. The number of rotatable bonds is 28. The number of amides is 1. The SMILES string of the molecule is CCCCNCCCNCc1cc(CNCCCNCCCN)cc(CNCCCNCCCNC(=O)OC(C)(C)C)c1. The lowest BCUT2D eigenvalue weighted by Crippen LogP contribution is -2.34. The normalized spacial score (nSPS) is 11.7. The second kappa shape index (κ2) is 26.6. The molecule has 0 radical (unpaired) electrons. The number of hydrogen-bond donors (Lipinski definition) is 8. The second-order valence-corrected chi connectivity index (χ2v) is 12.3. The molecule has 0 aliphatic carbocycles. The molecule has 0 saturated heterocycles. The maximum absolute atomic E-state index is 11.7. The van der Waals surface area contributed by atoms with Gasteiger partial charge in [-0.15, -0.1) is 0 Å². The van der Waals surface area contributed by atoms with Crippen LogP contribution in [0.15, 0.2) is 18.2 Å². The summed E-state index contributed by atoms with van der Waals surface area (Å²) in [5.74, 6) is 0. The Bertz CT molecular complexity index is 765. The summed E-state index contributed by atoms with van der Waals surface area (Å²) in [5.41, 5.74) is 9.13. The maximum atomic E-state index is 11.7. The molecule has 0 fully saturated rings. The van der Waals surface area contributed by atoms with Crippen LogP contribution >= 0.6 is 0 Å². The van der Waals surface area contributed by atoms with Gasteiger partial charge in [-0.05, 0) is 141 Å². The third-order valence-electron chi connectivity index (χ3n) is 6.68. The number of benzene rings is 1. The van der Waals surface area contributed by atoms with Crippen molar-refractivity contribution in [3.63, 3.8) is 0 Å². The fourth-order valence-electron chi connectivity index (χ4n) is 4.48. The van der Waals surface area contributed by atoms with Gasteiger partial charge < -0.3 is 47.7 Å². The Labute approximate surface area is 263 Å². The summed E-state index contributed by atoms with van der Waals surface area (Å²) in [4.78, 5) is 11.7. The van der Waals surface area contributed by atoms with E-state index in [1.807, 2.05) is 20.8 Å². The first-order chi connectivity index (χ1) is 20.8. The highest BCUT2D eigenvalue weighted by atomic mass is 16.6. The molecular formula is C33H66N8O2. The molecule has 10 heteroatoms. The average Bonchev–Trinajstić information content (AvgIpc) is 2.96. The zero-order valence-corrected chi connectivity index (χ0v) is 28.0. The quantitative estimate of drug-likeness (QED) is 0.0677. The molecule has 0 spiro atoms. The summed E-state index contributed by atoms with van der Waals surface area (Å²) in [6.45, 7) is 20.9. The number of ether oxygens (including phenoxy) is 1. The van der Waals surface area contributed by atoms with Gasteiger partial charge in [0.2, 0.25) is 0 Å². The van der Waals surface area contributed by atoms with E-state index >= 15 is 0 Å². The van der Waals surface area contributed by atoms with Crippen LogP contribution in [0.2, 0.25) is 0 Å². The minimum absolute atomic E-state index is 0.350. The van der Waals surface area contributed by atoms with E-state index in [1.165, 1.54) is 29.5 Å². The van der Waals surface area contributed by atoms with Crippen molar-refractivity contribution < 1.29 is 9.53 Å². The Hall–Kier alpha value is -1.79. The number of nitrogens with one attached hydrogen (secondary N) is 7. The van der Waals surface area contributed by atoms with E-state index in [1.54, 1.807) is 0 Å². The van der Waals surface area contributed by atoms with E-state index in [0.717, 1.165) is 117 Å². The fourth-order valence-corrected chi connectivity index (χ4v) is 4.48. The monoisotopic (exact) mass is 607 g/mol. The summed E-state index contributed by atoms with van der Waals surface area (Å²) >= 11 is 0. The van der Waals surface area contributed by atoms with Gasteiger partial charge in [-0.3, -0.25) is 0 Å². The van der Waals surface area contributed by atoms with E-state index in [2.05, 4.69) is 62.3 Å². The molecule has 0 unspecified atom stereocenters. The molecule has 0 aliphatic rings. The minimum Gasteiger partial charge on any atom is -0.444 e. The fraction of sp³-hybridized carbons (Fsp3) is 0.788. The second-order valence-electron chi connectivity index (χ2n) is 12.3. The number of unbranched alkanes of at least 4 members (excludes halogenated alkanes) is 1. The van der Waals surface area contributed by atoms with Gasteiger partial charge in [0.15, 0.2) is 0 Å². The first-order valence-electron chi connectivity index (χ1n) is 16.9. The van der Waals surface area contributed by atoms with Crippen LogP contribution in [0.4, 0.5) is 4.79 Å². The maximum Gasteiger partial charge on any atom is 0.407 e. The summed E-state index contributed by atoms with van der Waals surface area (Å²) in [7, 11) is 0. The molecule has 9 N–H and O–H groups in total. The zero-order chi connectivity index (χ0) is 31.4. The molecule has 0 saturated carbocycles. The Morgan fingerprint density at radius 1 is 0.605 bits per heavy atom. The lowest BCUT2D eigenvalue weighted by atomic mass is 10.0. The van der Waals surface area contributed by atoms with Crippen LogP contribution in [0.3, 0.4) is 0 Å². The van der Waals surface area contributed by atoms with Crippen molar-refractivity contribution in [3.05, 3.63) is 34.9 Å². The Balaban J connectivity index is 2.34. The Kier molecular flexibility index (Phi) is 24.3. The molecule has 0 aliphatic heterocycles. The van der Waals surface area contributed by atoms with Crippen LogP contribution in [0.25, 0.3) is 0 Å². The summed E-state index contributed by atoms with van der Waals surface area (Å²) in [6.07, 6.45) is 7.37. The highest BCUT2D eigenvalue weighted by Gasteiger charge is 2.15. The minimum atomic E-state index is -0.459. The van der Waals surface area contributed by atoms with Gasteiger partial charge in [-0.25, -0.2) is 4.79 Å². The van der Waals surface area contributed by atoms with E-state index in [9.17, 15) is 4.79 Å². The van der Waals surface area contributed by atoms with Crippen LogP contribution in [0, 0.1) is 0 Å². The van der Waals surface area contributed by atoms with Crippen molar-refractivity contribution in [3.8, 4) is 0 Å². The van der Waals surface area contributed by atoms with Crippen molar-refractivity contribution >= 4 is 6.09 Å². The van der Waals surface area contributed by atoms with Gasteiger partial charge in [-0.1, -0.05) is 31.5 Å². The number of alkyl carbamates (subject to hydrolysis) is 1. The van der Waals surface area contributed by atoms with Crippen molar-refractivity contribution in [2.75, 3.05) is 72.0 Å². The molecule has 0 aromatic heterocycles. The van der Waals surface area contributed by atoms with Crippen LogP contribution in [0.5, 0.6) is 0 Å². The molecular weight excluding hydrogens is 540 g/mol. The largest absolute Gasteiger partial charge is 0.444 e. The van der Waals surface area contributed by atoms with Gasteiger partial charge in [0.25, 0.3) is 0 Å². The number of nitrogens with two attached hydrogens (primary N) is 1. The first kappa shape index (κ1) is 39.2. The van der Waals surface area contributed by atoms with Crippen LogP contribution in [-0.4, -0.2) is 83.7 Å². The van der Waals surface area contributed by atoms with Crippen LogP contribution in [-0.2, 0) is 24.4 Å². The molecule has 10 nitrogen and oxygen atoms in total. The molecule has 1 aromatic carbocycles. The average molecular weight is 607 g/mol. The lowest BCUT2D eigenvalue weighted by Gasteiger charge is -2.19. The predicted molar refractivity (Wildman–Crippen MR) is 181 cm³/mol. The third-order valence-corrected chi connectivity index (χ3v) is 6.68. The van der Waals surface area contributed by atoms with Gasteiger partial charge in [0, 0.05) is 26.2 Å². The molecule has 0 bridgehead atoms. The summed E-state index contributed by atoms with van der Waals surface area (Å²) in [5, 5.41) is 24.1. The molecule has 250 valence electrons. The standard InChI is InChI=1S/C33H66N8O2/c1-5-6-13-35-15-8-19-38-26-29-23-30(27-39-20-9-16-36-14-7-12-34)25-31(24-29)28-40-21-10-17-37-18-11-22-41-32(42)43-33(2,3)4/h23-25,35-40H,5-22,26-28,34H2,1-4H3,(H,41,42). The molecule has 1 amide bonds. The molecule has 43 heavy (non-hydrogen) atoms. The summed E-state index contributed by atoms with van der Waals surface area (Å²) in [6, 6.07) is 7.00. The highest BCUT2D eigenvalue weighted by molar-refractivity contribution is 5.67. The number of hydrogen-bond acceptors (Lipinski definition) is 9. The first-order valence-corrected chi connectivity index (χ1v) is 16.9. The number of carbonyl (C=O) groups is 1. The van der Waals surface area contributed by atoms with Gasteiger partial charge in [0.05, 0.1) is 0 Å². The van der Waals surface area contributed by atoms with Crippen LogP contribution < -0.4 is 43.0 Å². The molecule has 0 atom stereocenters. The van der Waals surface area contributed by atoms with E-state index in [4.69, 9.17) is 10.5 Å². The smallest absolute Gasteiger partial charge is 0.407 e. The summed E-state index contributed by atoms with van der Waals surface area (Å²) < 4.78 is 5.26. The van der Waals surface area contributed by atoms with E-state index in [0.29, 0.717) is 6.54 Å². The van der Waals surface area contributed by atoms with Crippen LogP contribution in [0.1, 0.15) is 89.3 Å². The Morgan fingerprint density at radius 2 is 0.977 bits per heavy atom. The number of carbonyl (C=O) groups excluding carboxylic acids is 1. The van der Waals surface area contributed by atoms with Crippen molar-refractivity contribution in [1.82, 2.24) is 37.2 Å². The zero-order valence-electron chi connectivity index (χ0n) is 28.0. The van der Waals surface area contributed by atoms with E-state index < -0.39 is 5.60 Å². The Morgan fingerprint density at radius 3 is 1.37 bits per heavy atom. The predicted octanol–water partition coefficient (Wildman–Crippen LogP) is 2.96. The third kappa shape index (κ3) is 25.3. The topological polar surface area (TPSA) is 137 Å².